The van der Waals surface area contributed by atoms with Crippen LogP contribution in [0, 0.1) is 0 Å². The molecule has 0 bridgehead atoms. The highest BCUT2D eigenvalue weighted by Crippen LogP contribution is 2.36. The Balaban J connectivity index is 1.50. The molecule has 30 heavy (non-hydrogen) atoms. The van der Waals surface area contributed by atoms with E-state index in [1.54, 1.807) is 42.5 Å². The summed E-state index contributed by atoms with van der Waals surface area (Å²) in [6.45, 7) is 0. The zero-order valence-corrected chi connectivity index (χ0v) is 17.4. The highest BCUT2D eigenvalue weighted by Gasteiger charge is 2.39. The molecule has 1 unspecified atom stereocenters. The lowest BCUT2D eigenvalue weighted by molar-refractivity contribution is -0.143. The van der Waals surface area contributed by atoms with Gasteiger partial charge in [-0.1, -0.05) is 41.9 Å². The number of sulfone groups is 1. The number of halogens is 1. The van der Waals surface area contributed by atoms with Crippen molar-refractivity contribution >= 4 is 38.9 Å². The predicted octanol–water partition coefficient (Wildman–Crippen LogP) is 2.45. The number of nitrogens with one attached hydrogen (secondary N) is 1. The van der Waals surface area contributed by atoms with Crippen LogP contribution in [-0.2, 0) is 19.4 Å². The molecule has 1 aromatic heterocycles. The summed E-state index contributed by atoms with van der Waals surface area (Å²) in [5, 5.41) is 7.12. The SMILES string of the molecule is CN(C(=O)C(=O)Nc1cnn(-c2ccccc2Cl)c1)C1CS(=O)(=O)c2ccccc21. The van der Waals surface area contributed by atoms with E-state index in [2.05, 4.69) is 10.4 Å². The minimum Gasteiger partial charge on any atom is -0.329 e. The monoisotopic (exact) mass is 444 g/mol. The lowest BCUT2D eigenvalue weighted by atomic mass is 10.1. The average molecular weight is 445 g/mol. The van der Waals surface area contributed by atoms with Gasteiger partial charge in [-0.15, -0.1) is 0 Å². The third kappa shape index (κ3) is 3.57. The minimum atomic E-state index is -3.50. The van der Waals surface area contributed by atoms with Gasteiger partial charge in [-0.05, 0) is 23.8 Å². The van der Waals surface area contributed by atoms with E-state index in [9.17, 15) is 18.0 Å². The van der Waals surface area contributed by atoms with Gasteiger partial charge in [0.15, 0.2) is 9.84 Å². The predicted molar refractivity (Wildman–Crippen MR) is 111 cm³/mol. The highest BCUT2D eigenvalue weighted by molar-refractivity contribution is 7.91. The summed E-state index contributed by atoms with van der Waals surface area (Å²) in [7, 11) is -2.09. The molecule has 0 saturated carbocycles. The summed E-state index contributed by atoms with van der Waals surface area (Å²) in [6, 6.07) is 12.8. The van der Waals surface area contributed by atoms with Crippen molar-refractivity contribution in [2.75, 3.05) is 18.1 Å². The van der Waals surface area contributed by atoms with Crippen molar-refractivity contribution < 1.29 is 18.0 Å². The number of aromatic nitrogens is 2. The van der Waals surface area contributed by atoms with Gasteiger partial charge in [-0.2, -0.15) is 5.10 Å². The van der Waals surface area contributed by atoms with Crippen LogP contribution in [0.2, 0.25) is 5.02 Å². The van der Waals surface area contributed by atoms with Crippen LogP contribution in [-0.4, -0.2) is 47.7 Å². The number of likely N-dealkylation sites (N-methyl/N-ethyl adjacent to an activating group) is 1. The van der Waals surface area contributed by atoms with Crippen LogP contribution in [0.4, 0.5) is 5.69 Å². The Labute approximate surface area is 178 Å². The lowest BCUT2D eigenvalue weighted by Crippen LogP contribution is -2.40. The number of carbonyl (C=O) groups excluding carboxylic acids is 2. The highest BCUT2D eigenvalue weighted by atomic mass is 35.5. The van der Waals surface area contributed by atoms with Gasteiger partial charge in [0.2, 0.25) is 0 Å². The normalized spacial score (nSPS) is 16.7. The summed E-state index contributed by atoms with van der Waals surface area (Å²) in [6.07, 6.45) is 2.92. The van der Waals surface area contributed by atoms with E-state index in [-0.39, 0.29) is 10.6 Å². The maximum Gasteiger partial charge on any atom is 0.313 e. The third-order valence-corrected chi connectivity index (χ3v) is 7.03. The molecule has 2 amide bonds. The topological polar surface area (TPSA) is 101 Å². The second-order valence-corrected chi connectivity index (χ2v) is 9.24. The van der Waals surface area contributed by atoms with Gasteiger partial charge in [-0.25, -0.2) is 13.1 Å². The molecule has 1 atom stereocenters. The number of hydrogen-bond acceptors (Lipinski definition) is 5. The first-order valence-corrected chi connectivity index (χ1v) is 11.0. The molecule has 4 rings (SSSR count). The van der Waals surface area contributed by atoms with Crippen LogP contribution in [0.3, 0.4) is 0 Å². The van der Waals surface area contributed by atoms with Gasteiger partial charge < -0.3 is 10.2 Å². The van der Waals surface area contributed by atoms with Crippen LogP contribution in [0.15, 0.2) is 65.8 Å². The summed E-state index contributed by atoms with van der Waals surface area (Å²) in [5.74, 6) is -2.00. The fourth-order valence-corrected chi connectivity index (χ4v) is 5.46. The van der Waals surface area contributed by atoms with Crippen LogP contribution >= 0.6 is 11.6 Å². The molecule has 1 aliphatic rings. The van der Waals surface area contributed by atoms with E-state index in [0.29, 0.717) is 22.0 Å². The van der Waals surface area contributed by atoms with Gasteiger partial charge >= 0.3 is 11.8 Å². The Morgan fingerprint density at radius 1 is 1.17 bits per heavy atom. The van der Waals surface area contributed by atoms with E-state index in [1.807, 2.05) is 0 Å². The molecule has 154 valence electrons. The van der Waals surface area contributed by atoms with Crippen molar-refractivity contribution in [2.24, 2.45) is 0 Å². The average Bonchev–Trinajstić information content (AvgIpc) is 3.29. The largest absolute Gasteiger partial charge is 0.329 e. The number of fused-ring (bicyclic) bond motifs is 1. The Morgan fingerprint density at radius 2 is 1.87 bits per heavy atom. The van der Waals surface area contributed by atoms with Gasteiger partial charge in [0.05, 0.1) is 45.5 Å². The van der Waals surface area contributed by atoms with E-state index in [4.69, 9.17) is 11.6 Å². The maximum atomic E-state index is 12.7. The standard InChI is InChI=1S/C20H17ClN4O4S/c1-24(17-12-30(28,29)18-9-5-2-6-14(17)18)20(27)19(26)23-13-10-22-25(11-13)16-8-4-3-7-15(16)21/h2-11,17H,12H2,1H3,(H,23,26). The molecule has 0 fully saturated rings. The second-order valence-electron chi connectivity index (χ2n) is 6.83. The molecule has 0 aliphatic carbocycles. The van der Waals surface area contributed by atoms with E-state index < -0.39 is 27.7 Å². The van der Waals surface area contributed by atoms with Gasteiger partial charge in [0.25, 0.3) is 0 Å². The Hall–Kier alpha value is -3.17. The van der Waals surface area contributed by atoms with Gasteiger partial charge in [-0.3, -0.25) is 9.59 Å². The van der Waals surface area contributed by atoms with Crippen LogP contribution in [0.1, 0.15) is 11.6 Å². The number of hydrogen-bond donors (Lipinski definition) is 1. The van der Waals surface area contributed by atoms with E-state index in [1.165, 1.54) is 30.2 Å². The maximum absolute atomic E-state index is 12.7. The van der Waals surface area contributed by atoms with E-state index >= 15 is 0 Å². The Bertz CT molecular complexity index is 1250. The number of rotatable bonds is 3. The van der Waals surface area contributed by atoms with Gasteiger partial charge in [0, 0.05) is 7.05 Å². The first-order valence-electron chi connectivity index (χ1n) is 8.97. The van der Waals surface area contributed by atoms with Crippen molar-refractivity contribution in [2.45, 2.75) is 10.9 Å². The number of carbonyl (C=O) groups is 2. The first-order chi connectivity index (χ1) is 14.3. The second kappa shape index (κ2) is 7.58. The summed E-state index contributed by atoms with van der Waals surface area (Å²) < 4.78 is 26.2. The Kier molecular flexibility index (Phi) is 5.08. The Morgan fingerprint density at radius 3 is 2.63 bits per heavy atom. The number of amides is 2. The molecular weight excluding hydrogens is 428 g/mol. The molecule has 10 heteroatoms. The zero-order chi connectivity index (χ0) is 21.5. The molecule has 0 spiro atoms. The number of para-hydroxylation sites is 1. The molecule has 2 heterocycles. The molecule has 3 aromatic rings. The van der Waals surface area contributed by atoms with Crippen molar-refractivity contribution in [3.8, 4) is 5.69 Å². The van der Waals surface area contributed by atoms with Crippen LogP contribution in [0.5, 0.6) is 0 Å². The summed E-state index contributed by atoms with van der Waals surface area (Å²) in [4.78, 5) is 26.5. The quantitative estimate of drug-likeness (QED) is 0.625. The van der Waals surface area contributed by atoms with E-state index in [0.717, 1.165) is 4.90 Å². The van der Waals surface area contributed by atoms with Crippen molar-refractivity contribution in [3.63, 3.8) is 0 Å². The molecule has 1 N–H and O–H groups in total. The smallest absolute Gasteiger partial charge is 0.313 e. The number of anilines is 1. The lowest BCUT2D eigenvalue weighted by Gasteiger charge is -2.23. The van der Waals surface area contributed by atoms with Crippen LogP contribution in [0.25, 0.3) is 5.69 Å². The fraction of sp³-hybridized carbons (Fsp3) is 0.150. The fourth-order valence-electron chi connectivity index (χ4n) is 3.39. The van der Waals surface area contributed by atoms with Crippen molar-refractivity contribution in [3.05, 3.63) is 71.5 Å². The zero-order valence-electron chi connectivity index (χ0n) is 15.8. The molecule has 0 saturated heterocycles. The first kappa shape index (κ1) is 20.1. The third-order valence-electron chi connectivity index (χ3n) is 4.91. The van der Waals surface area contributed by atoms with Crippen molar-refractivity contribution in [1.82, 2.24) is 14.7 Å². The molecule has 2 aromatic carbocycles. The molecule has 0 radical (unpaired) electrons. The minimum absolute atomic E-state index is 0.191. The van der Waals surface area contributed by atoms with Crippen LogP contribution < -0.4 is 5.32 Å². The molecule has 8 nitrogen and oxygen atoms in total. The van der Waals surface area contributed by atoms with Crippen molar-refractivity contribution in [1.29, 1.82) is 0 Å². The van der Waals surface area contributed by atoms with Gasteiger partial charge in [0.1, 0.15) is 0 Å². The number of benzene rings is 2. The number of nitrogens with zero attached hydrogens (tertiary/aromatic N) is 3. The molecular formula is C20H17ClN4O4S. The summed E-state index contributed by atoms with van der Waals surface area (Å²) >= 11 is 6.14. The summed E-state index contributed by atoms with van der Waals surface area (Å²) in [5.41, 5.74) is 1.43. The molecule has 1 aliphatic heterocycles.